The minimum absolute atomic E-state index is 0.0332. The lowest BCUT2D eigenvalue weighted by molar-refractivity contribution is 0.211. The molecule has 0 aliphatic carbocycles. The van der Waals surface area contributed by atoms with Crippen LogP contribution in [0.5, 0.6) is 17.2 Å². The van der Waals surface area contributed by atoms with E-state index < -0.39 is 6.09 Å². The molecule has 5 nitrogen and oxygen atoms in total. The van der Waals surface area contributed by atoms with Gasteiger partial charge in [-0.2, -0.15) is 0 Å². The molecule has 0 unspecified atom stereocenters. The summed E-state index contributed by atoms with van der Waals surface area (Å²) in [7, 11) is 0. The number of hydrogen-bond donors (Lipinski definition) is 3. The number of ether oxygens (including phenoxy) is 1. The number of aromatic hydroxyl groups is 2. The summed E-state index contributed by atoms with van der Waals surface area (Å²) in [6, 6.07) is 11.0. The van der Waals surface area contributed by atoms with Crippen molar-refractivity contribution in [3.05, 3.63) is 53.6 Å². The summed E-state index contributed by atoms with van der Waals surface area (Å²) < 4.78 is 4.72. The van der Waals surface area contributed by atoms with E-state index in [4.69, 9.17) is 10.5 Å². The smallest absolute Gasteiger partial charge is 0.409 e. The maximum absolute atomic E-state index is 10.7. The van der Waals surface area contributed by atoms with E-state index in [1.807, 2.05) is 0 Å². The summed E-state index contributed by atoms with van der Waals surface area (Å²) in [4.78, 5) is 10.7. The highest BCUT2D eigenvalue weighted by Gasteiger charge is 2.02. The Morgan fingerprint density at radius 3 is 2.25 bits per heavy atom. The molecule has 0 saturated heterocycles. The van der Waals surface area contributed by atoms with Crippen LogP contribution in [0.25, 0.3) is 12.2 Å². The summed E-state index contributed by atoms with van der Waals surface area (Å²) >= 11 is 0. The largest absolute Gasteiger partial charge is 0.508 e. The van der Waals surface area contributed by atoms with Gasteiger partial charge >= 0.3 is 6.09 Å². The van der Waals surface area contributed by atoms with Crippen LogP contribution < -0.4 is 10.5 Å². The van der Waals surface area contributed by atoms with E-state index in [1.165, 1.54) is 12.1 Å². The van der Waals surface area contributed by atoms with Gasteiger partial charge in [-0.3, -0.25) is 0 Å². The second-order valence-electron chi connectivity index (χ2n) is 4.11. The zero-order chi connectivity index (χ0) is 14.5. The topological polar surface area (TPSA) is 92.8 Å². The molecular weight excluding hydrogens is 258 g/mol. The fraction of sp³-hybridized carbons (Fsp3) is 0. The quantitative estimate of drug-likeness (QED) is 0.748. The van der Waals surface area contributed by atoms with Crippen LogP contribution in [0.4, 0.5) is 4.79 Å². The van der Waals surface area contributed by atoms with E-state index >= 15 is 0 Å². The maximum atomic E-state index is 10.7. The van der Waals surface area contributed by atoms with Crippen LogP contribution in [0.2, 0.25) is 0 Å². The Balaban J connectivity index is 2.22. The third-order valence-electron chi connectivity index (χ3n) is 2.49. The molecule has 1 amide bonds. The number of hydrogen-bond acceptors (Lipinski definition) is 4. The number of amides is 1. The molecule has 2 aromatic rings. The Morgan fingerprint density at radius 2 is 1.60 bits per heavy atom. The van der Waals surface area contributed by atoms with Crippen molar-refractivity contribution >= 4 is 18.2 Å². The predicted molar refractivity (Wildman–Crippen MR) is 75.4 cm³/mol. The van der Waals surface area contributed by atoms with Gasteiger partial charge in [-0.1, -0.05) is 24.3 Å². The van der Waals surface area contributed by atoms with Crippen LogP contribution in [0, 0.1) is 0 Å². The molecule has 0 fully saturated rings. The van der Waals surface area contributed by atoms with Crippen molar-refractivity contribution < 1.29 is 19.7 Å². The van der Waals surface area contributed by atoms with Crippen LogP contribution in [0.15, 0.2) is 42.5 Å². The van der Waals surface area contributed by atoms with Crippen LogP contribution >= 0.6 is 0 Å². The monoisotopic (exact) mass is 271 g/mol. The van der Waals surface area contributed by atoms with Gasteiger partial charge in [0.1, 0.15) is 17.2 Å². The molecule has 0 heterocycles. The normalized spacial score (nSPS) is 10.6. The summed E-state index contributed by atoms with van der Waals surface area (Å²) in [5.41, 5.74) is 6.45. The van der Waals surface area contributed by atoms with E-state index in [1.54, 1.807) is 42.5 Å². The summed E-state index contributed by atoms with van der Waals surface area (Å²) in [6.07, 6.45) is 2.59. The highest BCUT2D eigenvalue weighted by Crippen LogP contribution is 2.23. The first-order chi connectivity index (χ1) is 9.52. The lowest BCUT2D eigenvalue weighted by Crippen LogP contribution is -2.16. The van der Waals surface area contributed by atoms with Gasteiger partial charge in [-0.25, -0.2) is 4.79 Å². The van der Waals surface area contributed by atoms with Crippen molar-refractivity contribution in [1.82, 2.24) is 0 Å². The molecule has 102 valence electrons. The lowest BCUT2D eigenvalue weighted by Gasteiger charge is -2.03. The Hall–Kier alpha value is -2.95. The fourth-order valence-electron chi connectivity index (χ4n) is 1.65. The average Bonchev–Trinajstić information content (AvgIpc) is 2.36. The van der Waals surface area contributed by atoms with Gasteiger partial charge in [0.25, 0.3) is 0 Å². The molecule has 0 aliphatic heterocycles. The third kappa shape index (κ3) is 3.78. The average molecular weight is 271 g/mol. The molecular formula is C15H13NO4. The number of phenolic OH excluding ortho intramolecular Hbond substituents is 2. The van der Waals surface area contributed by atoms with Crippen molar-refractivity contribution in [2.45, 2.75) is 0 Å². The summed E-state index contributed by atoms with van der Waals surface area (Å²) in [5, 5.41) is 18.7. The van der Waals surface area contributed by atoms with Crippen LogP contribution in [0.1, 0.15) is 11.1 Å². The molecule has 0 aliphatic rings. The minimum atomic E-state index is -0.941. The molecule has 5 heteroatoms. The molecule has 2 rings (SSSR count). The zero-order valence-corrected chi connectivity index (χ0v) is 10.5. The molecule has 20 heavy (non-hydrogen) atoms. The van der Waals surface area contributed by atoms with E-state index in [2.05, 4.69) is 0 Å². The first-order valence-electron chi connectivity index (χ1n) is 5.81. The lowest BCUT2D eigenvalue weighted by atomic mass is 10.1. The fourth-order valence-corrected chi connectivity index (χ4v) is 1.65. The molecule has 0 spiro atoms. The Bertz CT molecular complexity index is 647. The molecule has 0 radical (unpaired) electrons. The van der Waals surface area contributed by atoms with Crippen molar-refractivity contribution in [3.63, 3.8) is 0 Å². The first kappa shape index (κ1) is 13.5. The Labute approximate surface area is 115 Å². The van der Waals surface area contributed by atoms with Crippen molar-refractivity contribution in [2.24, 2.45) is 5.73 Å². The van der Waals surface area contributed by atoms with Crippen LogP contribution in [-0.2, 0) is 0 Å². The molecule has 4 N–H and O–H groups in total. The van der Waals surface area contributed by atoms with Gasteiger partial charge in [0.2, 0.25) is 0 Å². The number of nitrogens with two attached hydrogens (primary N) is 1. The highest BCUT2D eigenvalue weighted by molar-refractivity contribution is 5.73. The number of phenols is 2. The second kappa shape index (κ2) is 5.79. The number of primary amides is 1. The van der Waals surface area contributed by atoms with Crippen molar-refractivity contribution in [2.75, 3.05) is 0 Å². The summed E-state index contributed by atoms with van der Waals surface area (Å²) in [5.74, 6) is 0.327. The number of carbonyl (C=O) groups excluding carboxylic acids is 1. The van der Waals surface area contributed by atoms with E-state index in [0.717, 1.165) is 5.56 Å². The van der Waals surface area contributed by atoms with Gasteiger partial charge in [0, 0.05) is 6.07 Å². The third-order valence-corrected chi connectivity index (χ3v) is 2.49. The molecule has 0 aromatic heterocycles. The molecule has 2 aromatic carbocycles. The van der Waals surface area contributed by atoms with Crippen LogP contribution in [0.3, 0.4) is 0 Å². The van der Waals surface area contributed by atoms with Crippen molar-refractivity contribution in [1.29, 1.82) is 0 Å². The van der Waals surface area contributed by atoms with Gasteiger partial charge in [-0.15, -0.1) is 0 Å². The van der Waals surface area contributed by atoms with Gasteiger partial charge in [0.15, 0.2) is 0 Å². The van der Waals surface area contributed by atoms with E-state index in [9.17, 15) is 15.0 Å². The number of carbonyl (C=O) groups is 1. The van der Waals surface area contributed by atoms with E-state index in [0.29, 0.717) is 5.56 Å². The van der Waals surface area contributed by atoms with Gasteiger partial charge in [0.05, 0.1) is 0 Å². The van der Waals surface area contributed by atoms with Gasteiger partial charge < -0.3 is 20.7 Å². The second-order valence-corrected chi connectivity index (χ2v) is 4.11. The Morgan fingerprint density at radius 1 is 0.950 bits per heavy atom. The Kier molecular flexibility index (Phi) is 3.91. The molecule has 0 saturated carbocycles. The van der Waals surface area contributed by atoms with E-state index in [-0.39, 0.29) is 17.2 Å². The number of benzene rings is 2. The standard InChI is InChI=1S/C15H13NO4/c16-15(19)20-14-8-11(7-13(18)9-14)2-1-10-3-5-12(17)6-4-10/h1-9,17-18H,(H2,16,19)/b2-1+. The zero-order valence-electron chi connectivity index (χ0n) is 10.5. The first-order valence-corrected chi connectivity index (χ1v) is 5.81. The predicted octanol–water partition coefficient (Wildman–Crippen LogP) is 2.73. The molecule has 0 bridgehead atoms. The molecule has 0 atom stereocenters. The van der Waals surface area contributed by atoms with Crippen molar-refractivity contribution in [3.8, 4) is 17.2 Å². The highest BCUT2D eigenvalue weighted by atomic mass is 16.5. The SMILES string of the molecule is NC(=O)Oc1cc(O)cc(/C=C/c2ccc(O)cc2)c1. The maximum Gasteiger partial charge on any atom is 0.409 e. The summed E-state index contributed by atoms with van der Waals surface area (Å²) in [6.45, 7) is 0. The van der Waals surface area contributed by atoms with Gasteiger partial charge in [-0.05, 0) is 35.4 Å². The minimum Gasteiger partial charge on any atom is -0.508 e. The number of rotatable bonds is 3. The van der Waals surface area contributed by atoms with Crippen LogP contribution in [-0.4, -0.2) is 16.3 Å².